The lowest BCUT2D eigenvalue weighted by Crippen LogP contribution is -2.24. The minimum atomic E-state index is 0.0845. The third-order valence-corrected chi connectivity index (χ3v) is 9.26. The molecule has 0 saturated carbocycles. The molecule has 7 aromatic rings. The van der Waals surface area contributed by atoms with E-state index in [1.165, 1.54) is 44.2 Å². The van der Waals surface area contributed by atoms with Crippen LogP contribution in [0.25, 0.3) is 49.9 Å². The van der Waals surface area contributed by atoms with Crippen molar-refractivity contribution >= 4 is 33.1 Å². The van der Waals surface area contributed by atoms with Gasteiger partial charge in [-0.05, 0) is 76.9 Å². The van der Waals surface area contributed by atoms with Crippen molar-refractivity contribution < 1.29 is 9.78 Å². The van der Waals surface area contributed by atoms with Crippen LogP contribution in [0.2, 0.25) is 0 Å². The summed E-state index contributed by atoms with van der Waals surface area (Å²) in [5.74, 6) is 1.41. The molecular formula is C42H30N2O2. The first-order chi connectivity index (χ1) is 22.7. The Morgan fingerprint density at radius 2 is 1.13 bits per heavy atom. The first-order valence-corrected chi connectivity index (χ1v) is 15.6. The van der Waals surface area contributed by atoms with Crippen molar-refractivity contribution in [2.75, 3.05) is 7.05 Å². The van der Waals surface area contributed by atoms with E-state index in [9.17, 15) is 0 Å². The molecule has 0 radical (unpaired) electrons. The zero-order valence-electron chi connectivity index (χ0n) is 25.3. The molecule has 1 aromatic heterocycles. The molecule has 0 saturated heterocycles. The first-order valence-electron chi connectivity index (χ1n) is 15.6. The molecule has 0 spiro atoms. The maximum Gasteiger partial charge on any atom is 0.186 e. The zero-order valence-corrected chi connectivity index (χ0v) is 25.3. The Kier molecular flexibility index (Phi) is 6.07. The van der Waals surface area contributed by atoms with Gasteiger partial charge in [0, 0.05) is 40.3 Å². The number of para-hydroxylation sites is 2. The Balaban J connectivity index is 1.20. The molecule has 0 fully saturated rings. The monoisotopic (exact) mass is 594 g/mol. The minimum absolute atomic E-state index is 0.0845. The van der Waals surface area contributed by atoms with Crippen LogP contribution in [0, 0.1) is 0 Å². The quantitative estimate of drug-likeness (QED) is 0.190. The molecule has 0 bridgehead atoms. The van der Waals surface area contributed by atoms with Crippen LogP contribution in [0.3, 0.4) is 0 Å². The van der Waals surface area contributed by atoms with E-state index >= 15 is 0 Å². The van der Waals surface area contributed by atoms with E-state index in [1.54, 1.807) is 0 Å². The second-order valence-corrected chi connectivity index (χ2v) is 11.9. The third kappa shape index (κ3) is 4.22. The van der Waals surface area contributed by atoms with Crippen molar-refractivity contribution in [1.82, 2.24) is 9.47 Å². The fourth-order valence-corrected chi connectivity index (χ4v) is 7.00. The Morgan fingerprint density at radius 1 is 0.543 bits per heavy atom. The van der Waals surface area contributed by atoms with Gasteiger partial charge in [-0.25, -0.2) is 0 Å². The maximum absolute atomic E-state index is 5.81. The number of benzene rings is 6. The summed E-state index contributed by atoms with van der Waals surface area (Å²) < 4.78 is 2.34. The highest BCUT2D eigenvalue weighted by atomic mass is 17.2. The summed E-state index contributed by atoms with van der Waals surface area (Å²) in [7, 11) is 2.17. The molecule has 4 heteroatoms. The highest BCUT2D eigenvalue weighted by Crippen LogP contribution is 2.45. The van der Waals surface area contributed by atoms with E-state index in [4.69, 9.17) is 9.78 Å². The summed E-state index contributed by atoms with van der Waals surface area (Å²) in [6, 6.07) is 51.3. The normalized spacial score (nSPS) is 15.4. The van der Waals surface area contributed by atoms with Gasteiger partial charge in [0.05, 0.1) is 17.1 Å². The van der Waals surface area contributed by atoms with Gasteiger partial charge in [-0.2, -0.15) is 0 Å². The van der Waals surface area contributed by atoms with Crippen LogP contribution in [0.5, 0.6) is 11.5 Å². The Bertz CT molecular complexity index is 2280. The van der Waals surface area contributed by atoms with E-state index < -0.39 is 0 Å². The van der Waals surface area contributed by atoms with Crippen LogP contribution in [0.1, 0.15) is 22.7 Å². The lowest BCUT2D eigenvalue weighted by Gasteiger charge is -2.35. The molecule has 3 heterocycles. The van der Waals surface area contributed by atoms with E-state index in [0.717, 1.165) is 22.4 Å². The molecule has 220 valence electrons. The molecule has 0 amide bonds. The number of rotatable bonds is 4. The predicted octanol–water partition coefficient (Wildman–Crippen LogP) is 10.2. The largest absolute Gasteiger partial charge is 0.364 e. The molecule has 46 heavy (non-hydrogen) atoms. The smallest absolute Gasteiger partial charge is 0.186 e. The zero-order chi connectivity index (χ0) is 30.6. The number of likely N-dealkylation sites (N-methyl/N-ethyl adjacent to an activating group) is 1. The van der Waals surface area contributed by atoms with Crippen LogP contribution in [0.4, 0.5) is 0 Å². The number of nitrogens with zero attached hydrogens (tertiary/aromatic N) is 2. The Hall–Kier alpha value is -6.00. The second-order valence-electron chi connectivity index (χ2n) is 11.9. The molecular weight excluding hydrogens is 564 g/mol. The van der Waals surface area contributed by atoms with E-state index in [0.29, 0.717) is 11.5 Å². The highest BCUT2D eigenvalue weighted by Gasteiger charge is 2.26. The summed E-state index contributed by atoms with van der Waals surface area (Å²) in [5.41, 5.74) is 11.3. The van der Waals surface area contributed by atoms with Crippen molar-refractivity contribution in [1.29, 1.82) is 0 Å². The molecule has 1 unspecified atom stereocenters. The molecule has 2 aliphatic heterocycles. The van der Waals surface area contributed by atoms with Gasteiger partial charge >= 0.3 is 0 Å². The standard InChI is InChI=1S/C42H30N2O2/c1-43-39(28-12-4-2-5-13-28)25-31(26-40(43)29-14-6-3-7-15-29)30-20-22-41-35(24-30)36-27-32(21-23-42(36)46-45-41)44-37-18-10-8-16-33(37)34-17-9-11-19-38(34)44/h2-27,39H,1H3. The number of hydrogen-bond acceptors (Lipinski definition) is 3. The van der Waals surface area contributed by atoms with Gasteiger partial charge in [-0.15, -0.1) is 0 Å². The van der Waals surface area contributed by atoms with E-state index in [-0.39, 0.29) is 6.04 Å². The number of hydrogen-bond donors (Lipinski definition) is 0. The van der Waals surface area contributed by atoms with Gasteiger partial charge < -0.3 is 9.47 Å². The maximum atomic E-state index is 5.81. The predicted molar refractivity (Wildman–Crippen MR) is 187 cm³/mol. The summed E-state index contributed by atoms with van der Waals surface area (Å²) >= 11 is 0. The van der Waals surface area contributed by atoms with Gasteiger partial charge in [-0.1, -0.05) is 103 Å². The molecule has 2 aliphatic rings. The van der Waals surface area contributed by atoms with Gasteiger partial charge in [0.2, 0.25) is 0 Å². The highest BCUT2D eigenvalue weighted by molar-refractivity contribution is 6.09. The SMILES string of the molecule is CN1C(c2ccccc2)=CC(c2ccc3c(c2)-c2cc(-n4c5ccccc5c5ccccc54)ccc2OO3)=CC1c1ccccc1. The van der Waals surface area contributed by atoms with Crippen molar-refractivity contribution in [2.45, 2.75) is 6.04 Å². The lowest BCUT2D eigenvalue weighted by molar-refractivity contribution is -0.102. The van der Waals surface area contributed by atoms with Gasteiger partial charge in [0.15, 0.2) is 11.5 Å². The summed E-state index contributed by atoms with van der Waals surface area (Å²) in [5, 5.41) is 2.47. The average Bonchev–Trinajstić information content (AvgIpc) is 3.46. The van der Waals surface area contributed by atoms with Gasteiger partial charge in [0.25, 0.3) is 0 Å². The van der Waals surface area contributed by atoms with Gasteiger partial charge in [-0.3, -0.25) is 9.78 Å². The van der Waals surface area contributed by atoms with E-state index in [1.807, 2.05) is 12.1 Å². The lowest BCUT2D eigenvalue weighted by atomic mass is 9.90. The summed E-state index contributed by atoms with van der Waals surface area (Å²) in [6.45, 7) is 0. The molecule has 4 nitrogen and oxygen atoms in total. The number of allylic oxidation sites excluding steroid dienone is 2. The van der Waals surface area contributed by atoms with E-state index in [2.05, 4.69) is 162 Å². The molecule has 9 rings (SSSR count). The van der Waals surface area contributed by atoms with Crippen LogP contribution >= 0.6 is 0 Å². The van der Waals surface area contributed by atoms with Crippen LogP contribution in [-0.4, -0.2) is 16.5 Å². The third-order valence-electron chi connectivity index (χ3n) is 9.26. The molecule has 1 atom stereocenters. The summed E-state index contributed by atoms with van der Waals surface area (Å²) in [4.78, 5) is 14.0. The Labute approximate surface area is 267 Å². The molecule has 0 N–H and O–H groups in total. The average molecular weight is 595 g/mol. The molecule has 0 aliphatic carbocycles. The summed E-state index contributed by atoms with van der Waals surface area (Å²) in [6.07, 6.45) is 4.66. The molecule has 6 aromatic carbocycles. The van der Waals surface area contributed by atoms with Crippen molar-refractivity contribution in [3.63, 3.8) is 0 Å². The van der Waals surface area contributed by atoms with Gasteiger partial charge in [0.1, 0.15) is 0 Å². The topological polar surface area (TPSA) is 26.6 Å². The fraction of sp³-hybridized carbons (Fsp3) is 0.0476. The first kappa shape index (κ1) is 26.4. The van der Waals surface area contributed by atoms with Crippen LogP contribution < -0.4 is 9.78 Å². The van der Waals surface area contributed by atoms with Crippen molar-refractivity contribution in [3.05, 3.63) is 174 Å². The van der Waals surface area contributed by atoms with Crippen LogP contribution in [0.15, 0.2) is 158 Å². The second kappa shape index (κ2) is 10.6. The van der Waals surface area contributed by atoms with Crippen molar-refractivity contribution in [3.8, 4) is 28.3 Å². The van der Waals surface area contributed by atoms with Crippen LogP contribution in [-0.2, 0) is 0 Å². The fourth-order valence-electron chi connectivity index (χ4n) is 7.00. The number of aromatic nitrogens is 1. The Morgan fingerprint density at radius 3 is 1.83 bits per heavy atom. The number of fused-ring (bicyclic) bond motifs is 6. The minimum Gasteiger partial charge on any atom is -0.364 e. The van der Waals surface area contributed by atoms with Crippen molar-refractivity contribution in [2.24, 2.45) is 0 Å².